The summed E-state index contributed by atoms with van der Waals surface area (Å²) in [6, 6.07) is 0.532. The van der Waals surface area contributed by atoms with Gasteiger partial charge in [-0.1, -0.05) is 38.5 Å². The molecule has 2 N–H and O–H groups in total. The normalized spacial score (nSPS) is 38.8. The predicted molar refractivity (Wildman–Crippen MR) is 51.9 cm³/mol. The maximum atomic E-state index is 5.99. The van der Waals surface area contributed by atoms with Crippen LogP contribution in [0.15, 0.2) is 0 Å². The second-order valence-corrected chi connectivity index (χ2v) is 4.73. The van der Waals surface area contributed by atoms with E-state index in [9.17, 15) is 0 Å². The summed E-state index contributed by atoms with van der Waals surface area (Å²) in [5.41, 5.74) is 5.99. The zero-order valence-corrected chi connectivity index (χ0v) is 7.97. The molecule has 0 radical (unpaired) electrons. The first-order valence-electron chi connectivity index (χ1n) is 5.62. The highest BCUT2D eigenvalue weighted by Crippen LogP contribution is 2.38. The molecule has 2 rings (SSSR count). The van der Waals surface area contributed by atoms with Crippen LogP contribution in [0, 0.1) is 11.8 Å². The van der Waals surface area contributed by atoms with Gasteiger partial charge in [-0.05, 0) is 24.7 Å². The van der Waals surface area contributed by atoms with Crippen LogP contribution in [-0.4, -0.2) is 6.04 Å². The molecule has 2 saturated carbocycles. The average molecular weight is 167 g/mol. The second kappa shape index (κ2) is 3.78. The fourth-order valence-electron chi connectivity index (χ4n) is 3.12. The average Bonchev–Trinajstić information content (AvgIpc) is 2.56. The molecule has 0 aromatic rings. The molecule has 0 saturated heterocycles. The van der Waals surface area contributed by atoms with Crippen molar-refractivity contribution in [2.24, 2.45) is 17.6 Å². The molecule has 1 heteroatoms. The molecule has 0 heterocycles. The van der Waals surface area contributed by atoms with E-state index in [0.717, 1.165) is 11.8 Å². The molecule has 2 fully saturated rings. The van der Waals surface area contributed by atoms with Crippen LogP contribution in [0.3, 0.4) is 0 Å². The zero-order chi connectivity index (χ0) is 8.39. The standard InChI is InChI=1S/C11H21N/c12-11-7-3-6-10(8-11)9-4-1-2-5-9/h9-11H,1-8,12H2. The summed E-state index contributed by atoms with van der Waals surface area (Å²) in [6.45, 7) is 0. The van der Waals surface area contributed by atoms with Crippen molar-refractivity contribution in [2.45, 2.75) is 57.4 Å². The maximum Gasteiger partial charge on any atom is 0.00415 e. The second-order valence-electron chi connectivity index (χ2n) is 4.73. The van der Waals surface area contributed by atoms with Gasteiger partial charge in [-0.3, -0.25) is 0 Å². The molecule has 70 valence electrons. The first kappa shape index (κ1) is 8.55. The van der Waals surface area contributed by atoms with Crippen molar-refractivity contribution >= 4 is 0 Å². The third kappa shape index (κ3) is 1.82. The quantitative estimate of drug-likeness (QED) is 0.638. The molecule has 2 aliphatic carbocycles. The fraction of sp³-hybridized carbons (Fsp3) is 1.00. The molecule has 2 unspecified atom stereocenters. The molecule has 0 aliphatic heterocycles. The highest BCUT2D eigenvalue weighted by Gasteiger charge is 2.28. The lowest BCUT2D eigenvalue weighted by Crippen LogP contribution is -2.30. The minimum absolute atomic E-state index is 0.532. The van der Waals surface area contributed by atoms with E-state index in [2.05, 4.69) is 0 Å². The van der Waals surface area contributed by atoms with Crippen LogP contribution in [0.25, 0.3) is 0 Å². The van der Waals surface area contributed by atoms with E-state index in [1.54, 1.807) is 0 Å². The Labute approximate surface area is 75.7 Å². The molecule has 0 aromatic carbocycles. The molecule has 12 heavy (non-hydrogen) atoms. The maximum absolute atomic E-state index is 5.99. The summed E-state index contributed by atoms with van der Waals surface area (Å²) in [4.78, 5) is 0. The zero-order valence-electron chi connectivity index (χ0n) is 7.97. The number of rotatable bonds is 1. The molecular weight excluding hydrogens is 146 g/mol. The molecule has 0 amide bonds. The van der Waals surface area contributed by atoms with Gasteiger partial charge in [0.2, 0.25) is 0 Å². The Kier molecular flexibility index (Phi) is 2.69. The third-order valence-corrected chi connectivity index (χ3v) is 3.82. The lowest BCUT2D eigenvalue weighted by molar-refractivity contribution is 0.232. The largest absolute Gasteiger partial charge is 0.328 e. The van der Waals surface area contributed by atoms with Gasteiger partial charge in [-0.2, -0.15) is 0 Å². The number of hydrogen-bond acceptors (Lipinski definition) is 1. The number of nitrogens with two attached hydrogens (primary N) is 1. The lowest BCUT2D eigenvalue weighted by Gasteiger charge is -2.30. The topological polar surface area (TPSA) is 26.0 Å². The van der Waals surface area contributed by atoms with Gasteiger partial charge in [0, 0.05) is 6.04 Å². The SMILES string of the molecule is NC1CCCC(C2CCCC2)C1. The highest BCUT2D eigenvalue weighted by atomic mass is 14.6. The van der Waals surface area contributed by atoms with Crippen molar-refractivity contribution in [1.29, 1.82) is 0 Å². The molecule has 0 spiro atoms. The van der Waals surface area contributed by atoms with Crippen LogP contribution in [0.4, 0.5) is 0 Å². The van der Waals surface area contributed by atoms with E-state index in [1.165, 1.54) is 51.4 Å². The smallest absolute Gasteiger partial charge is 0.00415 e. The summed E-state index contributed by atoms with van der Waals surface area (Å²) in [7, 11) is 0. The first-order chi connectivity index (χ1) is 5.86. The van der Waals surface area contributed by atoms with E-state index in [4.69, 9.17) is 5.73 Å². The predicted octanol–water partition coefficient (Wildman–Crippen LogP) is 2.69. The molecule has 0 bridgehead atoms. The molecule has 1 nitrogen and oxygen atoms in total. The van der Waals surface area contributed by atoms with Crippen LogP contribution in [0.2, 0.25) is 0 Å². The minimum Gasteiger partial charge on any atom is -0.328 e. The minimum atomic E-state index is 0.532. The third-order valence-electron chi connectivity index (χ3n) is 3.82. The summed E-state index contributed by atoms with van der Waals surface area (Å²) < 4.78 is 0. The molecular formula is C11H21N. The van der Waals surface area contributed by atoms with Crippen molar-refractivity contribution in [3.63, 3.8) is 0 Å². The van der Waals surface area contributed by atoms with E-state index in [-0.39, 0.29) is 0 Å². The molecule has 2 atom stereocenters. The number of hydrogen-bond donors (Lipinski definition) is 1. The first-order valence-corrected chi connectivity index (χ1v) is 5.62. The Hall–Kier alpha value is -0.0400. The van der Waals surface area contributed by atoms with Gasteiger partial charge < -0.3 is 5.73 Å². The Morgan fingerprint density at radius 3 is 2.08 bits per heavy atom. The highest BCUT2D eigenvalue weighted by molar-refractivity contribution is 4.82. The van der Waals surface area contributed by atoms with Crippen LogP contribution < -0.4 is 5.73 Å². The van der Waals surface area contributed by atoms with E-state index >= 15 is 0 Å². The van der Waals surface area contributed by atoms with E-state index < -0.39 is 0 Å². The van der Waals surface area contributed by atoms with E-state index in [1.807, 2.05) is 0 Å². The van der Waals surface area contributed by atoms with Gasteiger partial charge in [0.1, 0.15) is 0 Å². The molecule has 2 aliphatic rings. The van der Waals surface area contributed by atoms with Crippen molar-refractivity contribution in [1.82, 2.24) is 0 Å². The van der Waals surface area contributed by atoms with Crippen LogP contribution >= 0.6 is 0 Å². The van der Waals surface area contributed by atoms with Crippen molar-refractivity contribution < 1.29 is 0 Å². The lowest BCUT2D eigenvalue weighted by atomic mass is 9.77. The summed E-state index contributed by atoms with van der Waals surface area (Å²) in [6.07, 6.45) is 11.4. The van der Waals surface area contributed by atoms with Crippen LogP contribution in [0.1, 0.15) is 51.4 Å². The van der Waals surface area contributed by atoms with Gasteiger partial charge in [0.25, 0.3) is 0 Å². The Bertz CT molecular complexity index is 138. The van der Waals surface area contributed by atoms with Gasteiger partial charge in [0.05, 0.1) is 0 Å². The monoisotopic (exact) mass is 167 g/mol. The fourth-order valence-corrected chi connectivity index (χ4v) is 3.12. The van der Waals surface area contributed by atoms with Crippen LogP contribution in [0.5, 0.6) is 0 Å². The van der Waals surface area contributed by atoms with Crippen molar-refractivity contribution in [3.05, 3.63) is 0 Å². The Balaban J connectivity index is 1.85. The van der Waals surface area contributed by atoms with Gasteiger partial charge >= 0.3 is 0 Å². The Morgan fingerprint density at radius 1 is 0.750 bits per heavy atom. The van der Waals surface area contributed by atoms with Gasteiger partial charge in [-0.25, -0.2) is 0 Å². The Morgan fingerprint density at radius 2 is 1.42 bits per heavy atom. The van der Waals surface area contributed by atoms with Crippen LogP contribution in [-0.2, 0) is 0 Å². The summed E-state index contributed by atoms with van der Waals surface area (Å²) in [5, 5.41) is 0. The van der Waals surface area contributed by atoms with Gasteiger partial charge in [-0.15, -0.1) is 0 Å². The van der Waals surface area contributed by atoms with Crippen molar-refractivity contribution in [2.75, 3.05) is 0 Å². The van der Waals surface area contributed by atoms with Gasteiger partial charge in [0.15, 0.2) is 0 Å². The molecule has 0 aromatic heterocycles. The van der Waals surface area contributed by atoms with Crippen molar-refractivity contribution in [3.8, 4) is 0 Å². The van der Waals surface area contributed by atoms with E-state index in [0.29, 0.717) is 6.04 Å². The summed E-state index contributed by atoms with van der Waals surface area (Å²) >= 11 is 0. The summed E-state index contributed by atoms with van der Waals surface area (Å²) in [5.74, 6) is 2.05.